The van der Waals surface area contributed by atoms with Crippen molar-refractivity contribution in [3.63, 3.8) is 0 Å². The Kier molecular flexibility index (Phi) is 8.78. The van der Waals surface area contributed by atoms with Crippen molar-refractivity contribution in [2.24, 2.45) is 5.92 Å². The van der Waals surface area contributed by atoms with Crippen LogP contribution in [0.5, 0.6) is 0 Å². The number of nitrogens with one attached hydrogen (secondary N) is 1. The molecule has 0 unspecified atom stereocenters. The van der Waals surface area contributed by atoms with E-state index in [0.717, 1.165) is 50.2 Å². The third-order valence-corrected chi connectivity index (χ3v) is 6.20. The predicted octanol–water partition coefficient (Wildman–Crippen LogP) is 3.15. The second kappa shape index (κ2) is 11.8. The Balaban J connectivity index is 1.19. The lowest BCUT2D eigenvalue weighted by Crippen LogP contribution is -2.47. The summed E-state index contributed by atoms with van der Waals surface area (Å²) in [6.45, 7) is 2.59. The number of rotatable bonds is 13. The summed E-state index contributed by atoms with van der Waals surface area (Å²) >= 11 is 1.56. The van der Waals surface area contributed by atoms with E-state index in [1.54, 1.807) is 17.4 Å². The molecule has 31 heavy (non-hydrogen) atoms. The van der Waals surface area contributed by atoms with Gasteiger partial charge in [0.2, 0.25) is 0 Å². The molecule has 3 heterocycles. The summed E-state index contributed by atoms with van der Waals surface area (Å²) in [5.74, 6) is 0.379. The van der Waals surface area contributed by atoms with Crippen molar-refractivity contribution < 1.29 is 23.6 Å². The van der Waals surface area contributed by atoms with Gasteiger partial charge in [-0.1, -0.05) is 24.1 Å². The Morgan fingerprint density at radius 2 is 2.06 bits per heavy atom. The minimum atomic E-state index is -0.312. The number of likely N-dealkylation sites (N-methyl/N-ethyl adjacent to an activating group) is 1. The van der Waals surface area contributed by atoms with Gasteiger partial charge < -0.3 is 19.5 Å². The highest BCUT2D eigenvalue weighted by Gasteiger charge is 2.28. The normalized spacial score (nSPS) is 14.2. The number of carbonyl (C=O) groups is 3. The zero-order valence-electron chi connectivity index (χ0n) is 17.8. The van der Waals surface area contributed by atoms with Crippen molar-refractivity contribution in [1.29, 1.82) is 0 Å². The van der Waals surface area contributed by atoms with Crippen molar-refractivity contribution in [3.8, 4) is 10.6 Å². The first kappa shape index (κ1) is 23.1. The summed E-state index contributed by atoms with van der Waals surface area (Å²) in [6, 6.07) is 5.61. The number of esters is 1. The summed E-state index contributed by atoms with van der Waals surface area (Å²) in [4.78, 5) is 38.3. The van der Waals surface area contributed by atoms with Crippen LogP contribution >= 0.6 is 11.3 Å². The molecule has 2 aromatic rings. The molecule has 0 atom stereocenters. The minimum Gasteiger partial charge on any atom is -0.456 e. The summed E-state index contributed by atoms with van der Waals surface area (Å²) in [7, 11) is 1.51. The number of nitrogens with zero attached hydrogens (tertiary/aromatic N) is 2. The molecular formula is C22H29N3O5S. The van der Waals surface area contributed by atoms with Gasteiger partial charge in [-0.2, -0.15) is 0 Å². The Morgan fingerprint density at radius 3 is 2.81 bits per heavy atom. The van der Waals surface area contributed by atoms with E-state index in [-0.39, 0.29) is 24.3 Å². The molecule has 0 radical (unpaired) electrons. The van der Waals surface area contributed by atoms with Gasteiger partial charge in [-0.3, -0.25) is 14.4 Å². The molecule has 1 aliphatic rings. The fraction of sp³-hybridized carbons (Fsp3) is 0.545. The molecule has 0 saturated carbocycles. The monoisotopic (exact) mass is 447 g/mol. The zero-order valence-corrected chi connectivity index (χ0v) is 18.6. The van der Waals surface area contributed by atoms with E-state index in [4.69, 9.17) is 9.26 Å². The third-order valence-electron chi connectivity index (χ3n) is 5.32. The van der Waals surface area contributed by atoms with E-state index in [0.29, 0.717) is 30.2 Å². The number of hydrogen-bond acceptors (Lipinski definition) is 8. The molecule has 9 heteroatoms. The maximum Gasteiger partial charge on any atom is 0.306 e. The van der Waals surface area contributed by atoms with Gasteiger partial charge in [0.25, 0.3) is 5.91 Å². The van der Waals surface area contributed by atoms with Crippen molar-refractivity contribution in [1.82, 2.24) is 15.4 Å². The highest BCUT2D eigenvalue weighted by molar-refractivity contribution is 7.13. The number of ketones is 1. The number of ether oxygens (including phenoxy) is 1. The summed E-state index contributed by atoms with van der Waals surface area (Å²) in [6.07, 6.45) is 4.85. The molecular weight excluding hydrogens is 418 g/mol. The molecule has 1 N–H and O–H groups in total. The first-order chi connectivity index (χ1) is 15.0. The average molecular weight is 448 g/mol. The fourth-order valence-electron chi connectivity index (χ4n) is 3.55. The smallest absolute Gasteiger partial charge is 0.306 e. The molecule has 0 spiro atoms. The molecule has 2 aromatic heterocycles. The SMILES string of the molecule is CNC(=O)COC(=O)CC1CN(CCCCCCC(=O)c2cc(-c3cccs3)on2)C1. The van der Waals surface area contributed by atoms with Crippen molar-refractivity contribution in [2.45, 2.75) is 38.5 Å². The van der Waals surface area contributed by atoms with Crippen molar-refractivity contribution in [2.75, 3.05) is 33.3 Å². The van der Waals surface area contributed by atoms with E-state index < -0.39 is 0 Å². The van der Waals surface area contributed by atoms with Crippen LogP contribution in [0.15, 0.2) is 28.1 Å². The standard InChI is InChI=1S/C22H29N3O5S/c1-23-21(27)15-29-22(28)11-16-13-25(14-16)9-5-3-2-4-7-18(26)17-12-19(30-24-17)20-8-6-10-31-20/h6,8,10,12,16H,2-5,7,9,11,13-15H2,1H3,(H,23,27). The van der Waals surface area contributed by atoms with Crippen LogP contribution in [0.2, 0.25) is 0 Å². The first-order valence-electron chi connectivity index (χ1n) is 10.7. The molecule has 1 aliphatic heterocycles. The van der Waals surface area contributed by atoms with Crippen LogP contribution in [-0.4, -0.2) is 61.0 Å². The van der Waals surface area contributed by atoms with Crippen molar-refractivity contribution in [3.05, 3.63) is 29.3 Å². The molecule has 168 valence electrons. The van der Waals surface area contributed by atoms with Crippen LogP contribution in [0.3, 0.4) is 0 Å². The van der Waals surface area contributed by atoms with E-state index in [9.17, 15) is 14.4 Å². The van der Waals surface area contributed by atoms with Crippen LogP contribution in [0.4, 0.5) is 0 Å². The Hall–Kier alpha value is -2.52. The number of carbonyl (C=O) groups excluding carboxylic acids is 3. The molecule has 8 nitrogen and oxygen atoms in total. The quantitative estimate of drug-likeness (QED) is 0.286. The van der Waals surface area contributed by atoms with E-state index >= 15 is 0 Å². The van der Waals surface area contributed by atoms with Gasteiger partial charge in [-0.05, 0) is 36.8 Å². The third kappa shape index (κ3) is 7.29. The highest BCUT2D eigenvalue weighted by atomic mass is 32.1. The Labute approximate surface area is 185 Å². The van der Waals surface area contributed by atoms with Crippen LogP contribution < -0.4 is 5.32 Å². The molecule has 1 fully saturated rings. The van der Waals surface area contributed by atoms with Crippen LogP contribution in [-0.2, 0) is 14.3 Å². The van der Waals surface area contributed by atoms with E-state index in [1.807, 2.05) is 17.5 Å². The van der Waals surface area contributed by atoms with Gasteiger partial charge in [-0.25, -0.2) is 0 Å². The lowest BCUT2D eigenvalue weighted by Gasteiger charge is -2.38. The minimum absolute atomic E-state index is 0.0282. The number of amides is 1. The van der Waals surface area contributed by atoms with Crippen LogP contribution in [0.25, 0.3) is 10.6 Å². The van der Waals surface area contributed by atoms with E-state index in [1.165, 1.54) is 7.05 Å². The van der Waals surface area contributed by atoms with Gasteiger partial charge in [0.1, 0.15) is 5.69 Å². The fourth-order valence-corrected chi connectivity index (χ4v) is 4.22. The number of unbranched alkanes of at least 4 members (excludes halogenated alkanes) is 3. The topological polar surface area (TPSA) is 102 Å². The number of thiophene rings is 1. The Morgan fingerprint density at radius 1 is 1.26 bits per heavy atom. The number of Topliss-reactive ketones (excluding diaryl/α,β-unsaturated/α-hetero) is 1. The maximum atomic E-state index is 12.3. The van der Waals surface area contributed by atoms with Crippen molar-refractivity contribution >= 4 is 29.0 Å². The highest BCUT2D eigenvalue weighted by Crippen LogP contribution is 2.25. The molecule has 1 amide bonds. The summed E-state index contributed by atoms with van der Waals surface area (Å²) in [5.41, 5.74) is 0.406. The second-order valence-electron chi connectivity index (χ2n) is 7.80. The lowest BCUT2D eigenvalue weighted by molar-refractivity contribution is -0.150. The molecule has 0 aromatic carbocycles. The first-order valence-corrected chi connectivity index (χ1v) is 11.6. The van der Waals surface area contributed by atoms with Gasteiger partial charge in [-0.15, -0.1) is 11.3 Å². The van der Waals surface area contributed by atoms with Crippen LogP contribution in [0.1, 0.15) is 49.0 Å². The number of aromatic nitrogens is 1. The van der Waals surface area contributed by atoms with Crippen LogP contribution in [0, 0.1) is 5.92 Å². The molecule has 0 bridgehead atoms. The van der Waals surface area contributed by atoms with E-state index in [2.05, 4.69) is 15.4 Å². The largest absolute Gasteiger partial charge is 0.456 e. The average Bonchev–Trinajstić information content (AvgIpc) is 3.43. The Bertz CT molecular complexity index is 858. The number of hydrogen-bond donors (Lipinski definition) is 1. The zero-order chi connectivity index (χ0) is 22.1. The lowest BCUT2D eigenvalue weighted by atomic mass is 9.96. The van der Waals surface area contributed by atoms with Gasteiger partial charge in [0, 0.05) is 32.6 Å². The number of likely N-dealkylation sites (tertiary alicyclic amines) is 1. The molecule has 0 aliphatic carbocycles. The van der Waals surface area contributed by atoms with Gasteiger partial charge in [0.15, 0.2) is 18.2 Å². The maximum absolute atomic E-state index is 12.3. The summed E-state index contributed by atoms with van der Waals surface area (Å²) < 4.78 is 10.2. The summed E-state index contributed by atoms with van der Waals surface area (Å²) in [5, 5.41) is 8.28. The van der Waals surface area contributed by atoms with Gasteiger partial charge >= 0.3 is 5.97 Å². The molecule has 1 saturated heterocycles. The predicted molar refractivity (Wildman–Crippen MR) is 117 cm³/mol. The molecule has 3 rings (SSSR count). The second-order valence-corrected chi connectivity index (χ2v) is 8.75. The van der Waals surface area contributed by atoms with Gasteiger partial charge in [0.05, 0.1) is 11.3 Å².